The maximum Gasteiger partial charge on any atom is 0.0664 e. The van der Waals surface area contributed by atoms with E-state index in [0.29, 0.717) is 6.54 Å². The number of rotatable bonds is 10. The largest absolute Gasteiger partial charge is 0.392 e. The van der Waals surface area contributed by atoms with Gasteiger partial charge in [0.05, 0.1) is 19.3 Å². The zero-order chi connectivity index (χ0) is 22.3. The number of hydrogen-bond donors (Lipinski definition) is 1. The standard InChI is InChI=1S/C26H41N3O2/c1-5-25(30)21-28(14-13-27-15-17-31-18-16-27)20-24-7-6-12-29(24)19-22-8-10-23(11-9-22)26(2,3)4/h6-12,25,30H,5,13-21H2,1-4H3/t25-/m1/s1. The van der Waals surface area contributed by atoms with Gasteiger partial charge in [-0.2, -0.15) is 0 Å². The van der Waals surface area contributed by atoms with Gasteiger partial charge >= 0.3 is 0 Å². The zero-order valence-corrected chi connectivity index (χ0v) is 19.9. The van der Waals surface area contributed by atoms with E-state index in [0.717, 1.165) is 58.9 Å². The van der Waals surface area contributed by atoms with Gasteiger partial charge in [-0.15, -0.1) is 0 Å². The fraction of sp³-hybridized carbons (Fsp3) is 0.615. The molecule has 0 bridgehead atoms. The number of nitrogens with zero attached hydrogens (tertiary/aromatic N) is 3. The van der Waals surface area contributed by atoms with E-state index in [4.69, 9.17) is 4.74 Å². The monoisotopic (exact) mass is 427 g/mol. The first kappa shape index (κ1) is 24.0. The molecular formula is C26H41N3O2. The third kappa shape index (κ3) is 7.46. The molecule has 2 heterocycles. The Morgan fingerprint density at radius 3 is 2.45 bits per heavy atom. The highest BCUT2D eigenvalue weighted by Gasteiger charge is 2.17. The zero-order valence-electron chi connectivity index (χ0n) is 19.9. The summed E-state index contributed by atoms with van der Waals surface area (Å²) in [6.45, 7) is 16.9. The van der Waals surface area contributed by atoms with E-state index >= 15 is 0 Å². The van der Waals surface area contributed by atoms with Gasteiger partial charge in [-0.25, -0.2) is 0 Å². The van der Waals surface area contributed by atoms with Crippen LogP contribution in [0.25, 0.3) is 0 Å². The average molecular weight is 428 g/mol. The Morgan fingerprint density at radius 1 is 1.10 bits per heavy atom. The summed E-state index contributed by atoms with van der Waals surface area (Å²) in [6.07, 6.45) is 2.68. The molecule has 1 fully saturated rings. The molecular weight excluding hydrogens is 386 g/mol. The van der Waals surface area contributed by atoms with Crippen LogP contribution in [0.2, 0.25) is 0 Å². The number of aromatic nitrogens is 1. The lowest BCUT2D eigenvalue weighted by atomic mass is 9.87. The quantitative estimate of drug-likeness (QED) is 0.627. The molecule has 3 rings (SSSR count). The van der Waals surface area contributed by atoms with Gasteiger partial charge in [0.2, 0.25) is 0 Å². The summed E-state index contributed by atoms with van der Waals surface area (Å²) in [5.41, 5.74) is 4.16. The normalized spacial score (nSPS) is 16.7. The van der Waals surface area contributed by atoms with E-state index in [2.05, 4.69) is 84.7 Å². The smallest absolute Gasteiger partial charge is 0.0664 e. The summed E-state index contributed by atoms with van der Waals surface area (Å²) in [6, 6.07) is 13.4. The molecule has 1 atom stereocenters. The van der Waals surface area contributed by atoms with Crippen molar-refractivity contribution in [1.29, 1.82) is 0 Å². The van der Waals surface area contributed by atoms with E-state index in [1.54, 1.807) is 0 Å². The van der Waals surface area contributed by atoms with Gasteiger partial charge < -0.3 is 14.4 Å². The molecule has 1 aromatic carbocycles. The van der Waals surface area contributed by atoms with Crippen LogP contribution in [0.1, 0.15) is 50.9 Å². The second-order valence-corrected chi connectivity index (χ2v) is 9.83. The predicted octanol–water partition coefficient (Wildman–Crippen LogP) is 3.74. The van der Waals surface area contributed by atoms with Crippen molar-refractivity contribution in [3.8, 4) is 0 Å². The Balaban J connectivity index is 1.64. The molecule has 2 aromatic rings. The van der Waals surface area contributed by atoms with E-state index in [1.165, 1.54) is 16.8 Å². The molecule has 1 aliphatic heterocycles. The molecule has 0 spiro atoms. The molecule has 0 unspecified atom stereocenters. The lowest BCUT2D eigenvalue weighted by Gasteiger charge is -2.31. The Morgan fingerprint density at radius 2 is 1.81 bits per heavy atom. The first-order valence-corrected chi connectivity index (χ1v) is 11.8. The summed E-state index contributed by atoms with van der Waals surface area (Å²) in [7, 11) is 0. The van der Waals surface area contributed by atoms with Crippen LogP contribution >= 0.6 is 0 Å². The number of benzene rings is 1. The summed E-state index contributed by atoms with van der Waals surface area (Å²) >= 11 is 0. The van der Waals surface area contributed by atoms with Crippen LogP contribution in [-0.2, 0) is 23.2 Å². The molecule has 1 N–H and O–H groups in total. The minimum atomic E-state index is -0.280. The topological polar surface area (TPSA) is 40.9 Å². The molecule has 0 radical (unpaired) electrons. The fourth-order valence-corrected chi connectivity index (χ4v) is 4.05. The number of aliphatic hydroxyl groups is 1. The van der Waals surface area contributed by atoms with E-state index < -0.39 is 0 Å². The Kier molecular flexibility index (Phi) is 8.73. The number of ether oxygens (including phenoxy) is 1. The maximum atomic E-state index is 10.3. The van der Waals surface area contributed by atoms with Crippen molar-refractivity contribution in [2.45, 2.75) is 58.7 Å². The Bertz CT molecular complexity index is 773. The summed E-state index contributed by atoms with van der Waals surface area (Å²) in [5.74, 6) is 0. The van der Waals surface area contributed by atoms with Crippen LogP contribution < -0.4 is 0 Å². The number of hydrogen-bond acceptors (Lipinski definition) is 4. The van der Waals surface area contributed by atoms with Gasteiger partial charge in [0.15, 0.2) is 0 Å². The van der Waals surface area contributed by atoms with Crippen LogP contribution in [0, 0.1) is 0 Å². The van der Waals surface area contributed by atoms with E-state index in [9.17, 15) is 5.11 Å². The van der Waals surface area contributed by atoms with Crippen molar-refractivity contribution in [3.05, 3.63) is 59.4 Å². The minimum absolute atomic E-state index is 0.179. The van der Waals surface area contributed by atoms with Gasteiger partial charge in [-0.3, -0.25) is 9.80 Å². The van der Waals surface area contributed by atoms with Crippen LogP contribution in [0.3, 0.4) is 0 Å². The van der Waals surface area contributed by atoms with Gasteiger partial charge in [0.1, 0.15) is 0 Å². The molecule has 5 heteroatoms. The molecule has 0 amide bonds. The Hall–Kier alpha value is -1.66. The molecule has 1 saturated heterocycles. The van der Waals surface area contributed by atoms with Crippen molar-refractivity contribution >= 4 is 0 Å². The van der Waals surface area contributed by atoms with Crippen LogP contribution in [0.5, 0.6) is 0 Å². The lowest BCUT2D eigenvalue weighted by Crippen LogP contribution is -2.43. The van der Waals surface area contributed by atoms with Crippen LogP contribution in [-0.4, -0.2) is 71.5 Å². The first-order chi connectivity index (χ1) is 14.8. The first-order valence-electron chi connectivity index (χ1n) is 11.8. The minimum Gasteiger partial charge on any atom is -0.392 e. The number of aliphatic hydroxyl groups excluding tert-OH is 1. The molecule has 5 nitrogen and oxygen atoms in total. The maximum absolute atomic E-state index is 10.3. The second kappa shape index (κ2) is 11.3. The third-order valence-corrected chi connectivity index (χ3v) is 6.26. The fourth-order valence-electron chi connectivity index (χ4n) is 4.05. The highest BCUT2D eigenvalue weighted by Crippen LogP contribution is 2.22. The van der Waals surface area contributed by atoms with Crippen LogP contribution in [0.15, 0.2) is 42.6 Å². The Labute approximate surface area is 188 Å². The SMILES string of the molecule is CC[C@@H](O)CN(CCN1CCOCC1)Cc1cccn1Cc1ccc(C(C)(C)C)cc1. The predicted molar refractivity (Wildman–Crippen MR) is 128 cm³/mol. The molecule has 0 aliphatic carbocycles. The van der Waals surface area contributed by atoms with Crippen molar-refractivity contribution in [3.63, 3.8) is 0 Å². The van der Waals surface area contributed by atoms with Gasteiger partial charge in [-0.1, -0.05) is 52.0 Å². The highest BCUT2D eigenvalue weighted by atomic mass is 16.5. The molecule has 0 saturated carbocycles. The van der Waals surface area contributed by atoms with Gasteiger partial charge in [-0.05, 0) is 35.1 Å². The summed E-state index contributed by atoms with van der Waals surface area (Å²) < 4.78 is 7.81. The molecule has 31 heavy (non-hydrogen) atoms. The van der Waals surface area contributed by atoms with Crippen molar-refractivity contribution in [1.82, 2.24) is 14.4 Å². The molecule has 172 valence electrons. The van der Waals surface area contributed by atoms with Crippen molar-refractivity contribution < 1.29 is 9.84 Å². The van der Waals surface area contributed by atoms with Crippen molar-refractivity contribution in [2.75, 3.05) is 45.9 Å². The van der Waals surface area contributed by atoms with E-state index in [1.807, 2.05) is 0 Å². The van der Waals surface area contributed by atoms with Crippen molar-refractivity contribution in [2.24, 2.45) is 0 Å². The number of morpholine rings is 1. The van der Waals surface area contributed by atoms with Crippen LogP contribution in [0.4, 0.5) is 0 Å². The second-order valence-electron chi connectivity index (χ2n) is 9.83. The third-order valence-electron chi connectivity index (χ3n) is 6.26. The summed E-state index contributed by atoms with van der Waals surface area (Å²) in [5, 5.41) is 10.3. The average Bonchev–Trinajstić information content (AvgIpc) is 3.18. The van der Waals surface area contributed by atoms with Gasteiger partial charge in [0.25, 0.3) is 0 Å². The molecule has 1 aromatic heterocycles. The van der Waals surface area contributed by atoms with Gasteiger partial charge in [0, 0.05) is 57.7 Å². The lowest BCUT2D eigenvalue weighted by molar-refractivity contribution is 0.0288. The van der Waals surface area contributed by atoms with E-state index in [-0.39, 0.29) is 11.5 Å². The molecule has 1 aliphatic rings. The summed E-state index contributed by atoms with van der Waals surface area (Å²) in [4.78, 5) is 4.86. The highest BCUT2D eigenvalue weighted by molar-refractivity contribution is 5.28.